The Morgan fingerprint density at radius 3 is 2.63 bits per heavy atom. The van der Waals surface area contributed by atoms with Gasteiger partial charge in [-0.05, 0) is 46.5 Å². The summed E-state index contributed by atoms with van der Waals surface area (Å²) in [5, 5.41) is 2.86. The number of allylic oxidation sites excluding steroid dienone is 1. The van der Waals surface area contributed by atoms with E-state index in [4.69, 9.17) is 23.7 Å². The maximum atomic E-state index is 12.8. The van der Waals surface area contributed by atoms with E-state index < -0.39 is 11.6 Å². The highest BCUT2D eigenvalue weighted by Gasteiger charge is 2.51. The van der Waals surface area contributed by atoms with Gasteiger partial charge in [0.05, 0.1) is 18.2 Å². The van der Waals surface area contributed by atoms with Gasteiger partial charge in [-0.3, -0.25) is 4.79 Å². The van der Waals surface area contributed by atoms with Crippen LogP contribution in [0.5, 0.6) is 0 Å². The minimum absolute atomic E-state index is 0.0952. The fourth-order valence-electron chi connectivity index (χ4n) is 5.20. The van der Waals surface area contributed by atoms with Crippen LogP contribution >= 0.6 is 11.8 Å². The van der Waals surface area contributed by atoms with Crippen molar-refractivity contribution < 1.29 is 33.3 Å². The van der Waals surface area contributed by atoms with E-state index in [0.717, 1.165) is 18.4 Å². The predicted molar refractivity (Wildman–Crippen MR) is 131 cm³/mol. The first kappa shape index (κ1) is 26.5. The molecular formula is C26H37NO7S. The first-order valence-electron chi connectivity index (χ1n) is 12.5. The van der Waals surface area contributed by atoms with Crippen LogP contribution in [-0.4, -0.2) is 66.1 Å². The van der Waals surface area contributed by atoms with E-state index >= 15 is 0 Å². The number of carbonyl (C=O) groups excluding carboxylic acids is 2. The molecule has 9 heteroatoms. The third-order valence-electron chi connectivity index (χ3n) is 7.00. The lowest BCUT2D eigenvalue weighted by Crippen LogP contribution is -2.59. The predicted octanol–water partition coefficient (Wildman–Crippen LogP) is 3.92. The number of rotatable bonds is 2. The second kappa shape index (κ2) is 10.8. The molecule has 0 aliphatic carbocycles. The van der Waals surface area contributed by atoms with Crippen molar-refractivity contribution in [1.82, 2.24) is 5.32 Å². The van der Waals surface area contributed by atoms with Gasteiger partial charge in [0.1, 0.15) is 12.2 Å². The molecule has 2 bridgehead atoms. The normalized spacial score (nSPS) is 41.6. The molecule has 3 fully saturated rings. The largest absolute Gasteiger partial charge is 0.459 e. The van der Waals surface area contributed by atoms with E-state index in [1.54, 1.807) is 13.2 Å². The van der Waals surface area contributed by atoms with E-state index in [1.165, 1.54) is 11.8 Å². The molecule has 0 aromatic rings. The summed E-state index contributed by atoms with van der Waals surface area (Å²) in [5.41, 5.74) is 0.913. The Morgan fingerprint density at radius 1 is 1.11 bits per heavy atom. The highest BCUT2D eigenvalue weighted by molar-refractivity contribution is 8.14. The molecule has 4 heterocycles. The van der Waals surface area contributed by atoms with Gasteiger partial charge in [0.25, 0.3) is 5.24 Å². The Labute approximate surface area is 212 Å². The molecule has 4 aliphatic heterocycles. The van der Waals surface area contributed by atoms with Gasteiger partial charge in [-0.25, -0.2) is 4.79 Å². The number of carbonyl (C=O) groups is 2. The molecule has 0 spiro atoms. The summed E-state index contributed by atoms with van der Waals surface area (Å²) in [4.78, 5) is 24.7. The summed E-state index contributed by atoms with van der Waals surface area (Å²) in [6.45, 7) is 7.82. The molecule has 1 N–H and O–H groups in total. The molecule has 4 rings (SSSR count). The van der Waals surface area contributed by atoms with Crippen LogP contribution in [0.2, 0.25) is 0 Å². The van der Waals surface area contributed by atoms with E-state index in [-0.39, 0.29) is 47.6 Å². The minimum Gasteiger partial charge on any atom is -0.459 e. The molecule has 1 amide bonds. The standard InChI is InChI=1S/C26H37NO7S/c1-16-6-9-18-13-19(14-26(30-5,32-18)22-15-35-24(29)27-22)31-23(28)12-17(2)8-11-21-20(10-7-16)33-25(3,4)34-21/h12,16,18-22H,6,8-9,11,13-15H2,1-5H3,(H,27,29)/b17-12-/t16-,18+,19+,20-,21-,22+,26+/m0/s1. The first-order valence-corrected chi connectivity index (χ1v) is 13.5. The lowest BCUT2D eigenvalue weighted by atomic mass is 9.90. The maximum absolute atomic E-state index is 12.8. The molecule has 4 aliphatic rings. The van der Waals surface area contributed by atoms with Crippen LogP contribution in [0.15, 0.2) is 11.6 Å². The van der Waals surface area contributed by atoms with Crippen LogP contribution in [0.4, 0.5) is 4.79 Å². The van der Waals surface area contributed by atoms with Crippen LogP contribution in [0.3, 0.4) is 0 Å². The highest BCUT2D eigenvalue weighted by atomic mass is 32.2. The number of ether oxygens (including phenoxy) is 5. The minimum atomic E-state index is -1.04. The highest BCUT2D eigenvalue weighted by Crippen LogP contribution is 2.39. The maximum Gasteiger partial charge on any atom is 0.330 e. The quantitative estimate of drug-likeness (QED) is 0.444. The third kappa shape index (κ3) is 6.60. The lowest BCUT2D eigenvalue weighted by Gasteiger charge is -2.46. The summed E-state index contributed by atoms with van der Waals surface area (Å²) < 4.78 is 30.4. The van der Waals surface area contributed by atoms with Crippen LogP contribution in [0.1, 0.15) is 66.2 Å². The number of methoxy groups -OCH3 is 1. The smallest absolute Gasteiger partial charge is 0.330 e. The van der Waals surface area contributed by atoms with Crippen molar-refractivity contribution in [3.8, 4) is 11.8 Å². The van der Waals surface area contributed by atoms with Gasteiger partial charge in [0.15, 0.2) is 11.6 Å². The molecular weight excluding hydrogens is 470 g/mol. The summed E-state index contributed by atoms with van der Waals surface area (Å²) in [6, 6.07) is -0.311. The monoisotopic (exact) mass is 507 g/mol. The molecule has 0 unspecified atom stereocenters. The molecule has 3 saturated heterocycles. The van der Waals surface area contributed by atoms with Gasteiger partial charge in [0.2, 0.25) is 0 Å². The van der Waals surface area contributed by atoms with Gasteiger partial charge >= 0.3 is 5.97 Å². The number of amides is 1. The molecule has 7 atom stereocenters. The first-order chi connectivity index (χ1) is 16.6. The molecule has 0 aromatic carbocycles. The number of esters is 1. The Morgan fingerprint density at radius 2 is 1.91 bits per heavy atom. The van der Waals surface area contributed by atoms with Crippen molar-refractivity contribution in [2.45, 2.75) is 108 Å². The number of hydrogen-bond donors (Lipinski definition) is 1. The second-order valence-corrected chi connectivity index (χ2v) is 11.4. The van der Waals surface area contributed by atoms with E-state index in [9.17, 15) is 9.59 Å². The van der Waals surface area contributed by atoms with Crippen LogP contribution in [0.25, 0.3) is 0 Å². The Balaban J connectivity index is 1.56. The van der Waals surface area contributed by atoms with Crippen molar-refractivity contribution in [2.24, 2.45) is 5.92 Å². The van der Waals surface area contributed by atoms with Gasteiger partial charge in [-0.15, -0.1) is 0 Å². The Bertz CT molecular complexity index is 909. The third-order valence-corrected chi connectivity index (χ3v) is 7.88. The van der Waals surface area contributed by atoms with Gasteiger partial charge in [-0.1, -0.05) is 36.1 Å². The molecule has 194 valence electrons. The summed E-state index contributed by atoms with van der Waals surface area (Å²) in [6.07, 6.45) is 4.40. The van der Waals surface area contributed by atoms with Crippen molar-refractivity contribution in [1.29, 1.82) is 0 Å². The molecule has 35 heavy (non-hydrogen) atoms. The number of fused-ring (bicyclic) bond motifs is 3. The van der Waals surface area contributed by atoms with Crippen molar-refractivity contribution in [3.63, 3.8) is 0 Å². The van der Waals surface area contributed by atoms with Gasteiger partial charge in [0, 0.05) is 37.7 Å². The number of hydrogen-bond acceptors (Lipinski definition) is 8. The van der Waals surface area contributed by atoms with Gasteiger partial charge in [-0.2, -0.15) is 0 Å². The van der Waals surface area contributed by atoms with Gasteiger partial charge < -0.3 is 29.0 Å². The van der Waals surface area contributed by atoms with E-state index in [1.807, 2.05) is 20.8 Å². The fraction of sp³-hybridized carbons (Fsp3) is 0.769. The lowest BCUT2D eigenvalue weighted by molar-refractivity contribution is -0.296. The van der Waals surface area contributed by atoms with Crippen molar-refractivity contribution >= 4 is 23.0 Å². The average Bonchev–Trinajstić information content (AvgIpc) is 3.36. The van der Waals surface area contributed by atoms with Crippen LogP contribution in [-0.2, 0) is 28.5 Å². The summed E-state index contributed by atoms with van der Waals surface area (Å²) >= 11 is 1.21. The molecule has 0 saturated carbocycles. The zero-order chi connectivity index (χ0) is 25.2. The molecule has 0 radical (unpaired) electrons. The summed E-state index contributed by atoms with van der Waals surface area (Å²) in [5.74, 6) is 5.23. The topological polar surface area (TPSA) is 92.3 Å². The van der Waals surface area contributed by atoms with Crippen LogP contribution < -0.4 is 5.32 Å². The zero-order valence-corrected chi connectivity index (χ0v) is 22.1. The van der Waals surface area contributed by atoms with E-state index in [2.05, 4.69) is 24.1 Å². The summed E-state index contributed by atoms with van der Waals surface area (Å²) in [7, 11) is 1.59. The molecule has 8 nitrogen and oxygen atoms in total. The number of nitrogens with one attached hydrogen (secondary N) is 1. The number of thioether (sulfide) groups is 1. The average molecular weight is 508 g/mol. The second-order valence-electron chi connectivity index (χ2n) is 10.4. The van der Waals surface area contributed by atoms with Crippen LogP contribution in [0, 0.1) is 17.8 Å². The SMILES string of the molecule is CO[C@]1([C@H]2CSC(=O)N2)C[C@H]2C[C@@H](CC[C@H](C)C#C[C@@H]3OC(C)(C)O[C@H]3CC/C(C)=C\C(=O)O2)O1. The van der Waals surface area contributed by atoms with Crippen molar-refractivity contribution in [2.75, 3.05) is 12.9 Å². The Kier molecular flexibility index (Phi) is 8.18. The molecule has 0 aromatic heterocycles. The Hall–Kier alpha value is -1.57. The van der Waals surface area contributed by atoms with E-state index in [0.29, 0.717) is 31.4 Å². The fourth-order valence-corrected chi connectivity index (χ4v) is 6.08. The van der Waals surface area contributed by atoms with Crippen molar-refractivity contribution in [3.05, 3.63) is 11.6 Å². The zero-order valence-electron chi connectivity index (χ0n) is 21.3.